The molecule has 0 aliphatic rings. The van der Waals surface area contributed by atoms with Gasteiger partial charge in [-0.1, -0.05) is 13.8 Å². The second kappa shape index (κ2) is 11.6. The van der Waals surface area contributed by atoms with Crippen LogP contribution in [-0.2, 0) is 16.1 Å². The Morgan fingerprint density at radius 2 is 1.89 bits per heavy atom. The number of esters is 1. The molecule has 0 atom stereocenters. The van der Waals surface area contributed by atoms with Gasteiger partial charge < -0.3 is 10.1 Å². The number of ether oxygens (including phenoxy) is 1. The van der Waals surface area contributed by atoms with E-state index in [1.165, 1.54) is 0 Å². The van der Waals surface area contributed by atoms with Crippen molar-refractivity contribution in [2.24, 2.45) is 0 Å². The zero-order chi connectivity index (χ0) is 27.3. The molecule has 38 heavy (non-hydrogen) atoms. The molecule has 0 bridgehead atoms. The molecule has 0 aliphatic carbocycles. The fourth-order valence-corrected chi connectivity index (χ4v) is 3.93. The molecule has 0 spiro atoms. The molecular formula is C28H36N8O2. The van der Waals surface area contributed by atoms with E-state index in [0.717, 1.165) is 47.2 Å². The lowest BCUT2D eigenvalue weighted by Crippen LogP contribution is -2.33. The Bertz CT molecular complexity index is 1390. The number of aryl methyl sites for hydroxylation is 1. The van der Waals surface area contributed by atoms with Crippen LogP contribution in [-0.4, -0.2) is 66.6 Å². The summed E-state index contributed by atoms with van der Waals surface area (Å²) in [6.45, 7) is 11.6. The lowest BCUT2D eigenvalue weighted by atomic mass is 10.1. The normalized spacial score (nSPS) is 11.9. The quantitative estimate of drug-likeness (QED) is 0.297. The van der Waals surface area contributed by atoms with E-state index in [0.29, 0.717) is 17.6 Å². The largest absolute Gasteiger partial charge is 0.459 e. The molecule has 10 nitrogen and oxygen atoms in total. The third-order valence-electron chi connectivity index (χ3n) is 5.85. The number of rotatable bonds is 10. The van der Waals surface area contributed by atoms with Crippen LogP contribution in [0.5, 0.6) is 0 Å². The first kappa shape index (κ1) is 27.1. The van der Waals surface area contributed by atoms with Crippen LogP contribution in [0, 0.1) is 0 Å². The standard InChI is InChI=1S/C28H36N8O2/c1-19(2)20-13-26(34-30-15-20)33-25-9-8-23-24(32-25)12-21(14-29-23)22-16-31-36(17-22)11-7-10-35(6)18-27(37)38-28(3,4)5/h8-9,12-17,19H,7,10-11,18H2,1-6H3,(H,32,33,34). The van der Waals surface area contributed by atoms with Crippen LogP contribution in [0.4, 0.5) is 11.6 Å². The van der Waals surface area contributed by atoms with Crippen molar-refractivity contribution < 1.29 is 9.53 Å². The molecule has 4 aromatic heterocycles. The minimum absolute atomic E-state index is 0.214. The van der Waals surface area contributed by atoms with Gasteiger partial charge in [-0.15, -0.1) is 5.10 Å². The fourth-order valence-electron chi connectivity index (χ4n) is 3.93. The van der Waals surface area contributed by atoms with E-state index < -0.39 is 5.60 Å². The molecule has 0 saturated heterocycles. The van der Waals surface area contributed by atoms with Crippen molar-refractivity contribution in [2.75, 3.05) is 25.5 Å². The fraction of sp³-hybridized carbons (Fsp3) is 0.429. The Morgan fingerprint density at radius 3 is 2.66 bits per heavy atom. The number of hydrogen-bond acceptors (Lipinski definition) is 9. The average molecular weight is 517 g/mol. The molecule has 4 aromatic rings. The molecule has 1 N–H and O–H groups in total. The van der Waals surface area contributed by atoms with Gasteiger partial charge >= 0.3 is 5.97 Å². The van der Waals surface area contributed by atoms with E-state index in [1.807, 2.05) is 80.3 Å². The maximum Gasteiger partial charge on any atom is 0.320 e. The predicted molar refractivity (Wildman–Crippen MR) is 148 cm³/mol. The predicted octanol–water partition coefficient (Wildman–Crippen LogP) is 4.81. The summed E-state index contributed by atoms with van der Waals surface area (Å²) in [6, 6.07) is 7.82. The first-order chi connectivity index (χ1) is 18.1. The highest BCUT2D eigenvalue weighted by atomic mass is 16.6. The monoisotopic (exact) mass is 516 g/mol. The number of carbonyl (C=O) groups is 1. The van der Waals surface area contributed by atoms with Crippen LogP contribution in [0.3, 0.4) is 0 Å². The van der Waals surface area contributed by atoms with Gasteiger partial charge in [0.2, 0.25) is 0 Å². The molecule has 0 aliphatic heterocycles. The summed E-state index contributed by atoms with van der Waals surface area (Å²) in [5, 5.41) is 16.0. The number of likely N-dealkylation sites (N-methyl/N-ethyl adjacent to an activating group) is 1. The minimum atomic E-state index is -0.470. The molecule has 0 fully saturated rings. The number of fused-ring (bicyclic) bond motifs is 1. The van der Waals surface area contributed by atoms with E-state index in [2.05, 4.69) is 39.4 Å². The Morgan fingerprint density at radius 1 is 1.08 bits per heavy atom. The van der Waals surface area contributed by atoms with Crippen LogP contribution in [0.2, 0.25) is 0 Å². The number of nitrogens with one attached hydrogen (secondary N) is 1. The van der Waals surface area contributed by atoms with Crippen LogP contribution in [0.15, 0.2) is 49.1 Å². The van der Waals surface area contributed by atoms with Crippen LogP contribution >= 0.6 is 0 Å². The van der Waals surface area contributed by atoms with Gasteiger partial charge in [0.05, 0.1) is 30.0 Å². The first-order valence-electron chi connectivity index (χ1n) is 12.9. The molecule has 10 heteroatoms. The molecule has 0 radical (unpaired) electrons. The lowest BCUT2D eigenvalue weighted by molar-refractivity contribution is -0.155. The van der Waals surface area contributed by atoms with Crippen LogP contribution in [0.25, 0.3) is 22.2 Å². The van der Waals surface area contributed by atoms with E-state index in [-0.39, 0.29) is 12.5 Å². The Hall–Kier alpha value is -3.92. The molecular weight excluding hydrogens is 480 g/mol. The molecule has 0 aromatic carbocycles. The number of anilines is 2. The summed E-state index contributed by atoms with van der Waals surface area (Å²) in [4.78, 5) is 23.3. The van der Waals surface area contributed by atoms with Gasteiger partial charge in [0, 0.05) is 36.6 Å². The maximum atomic E-state index is 12.0. The highest BCUT2D eigenvalue weighted by Crippen LogP contribution is 2.24. The topological polar surface area (TPSA) is 111 Å². The van der Waals surface area contributed by atoms with Crippen molar-refractivity contribution in [3.8, 4) is 11.1 Å². The second-order valence-corrected chi connectivity index (χ2v) is 10.8. The summed E-state index contributed by atoms with van der Waals surface area (Å²) in [7, 11) is 1.92. The molecule has 200 valence electrons. The van der Waals surface area contributed by atoms with Crippen molar-refractivity contribution in [2.45, 2.75) is 59.1 Å². The summed E-state index contributed by atoms with van der Waals surface area (Å²) < 4.78 is 7.30. The van der Waals surface area contributed by atoms with Crippen molar-refractivity contribution in [3.05, 3.63) is 54.6 Å². The number of carbonyl (C=O) groups excluding carboxylic acids is 1. The zero-order valence-electron chi connectivity index (χ0n) is 23.0. The Balaban J connectivity index is 1.37. The van der Waals surface area contributed by atoms with Crippen molar-refractivity contribution in [1.29, 1.82) is 0 Å². The van der Waals surface area contributed by atoms with Gasteiger partial charge in [-0.3, -0.25) is 19.4 Å². The van der Waals surface area contributed by atoms with Gasteiger partial charge in [-0.25, -0.2) is 4.98 Å². The van der Waals surface area contributed by atoms with E-state index in [4.69, 9.17) is 9.72 Å². The maximum absolute atomic E-state index is 12.0. The Labute approximate surface area is 223 Å². The lowest BCUT2D eigenvalue weighted by Gasteiger charge is -2.22. The number of pyridine rings is 2. The van der Waals surface area contributed by atoms with Gasteiger partial charge in [0.25, 0.3) is 0 Å². The highest BCUT2D eigenvalue weighted by molar-refractivity contribution is 5.81. The Kier molecular flexibility index (Phi) is 8.31. The van der Waals surface area contributed by atoms with Gasteiger partial charge in [0.1, 0.15) is 11.4 Å². The highest BCUT2D eigenvalue weighted by Gasteiger charge is 2.17. The summed E-state index contributed by atoms with van der Waals surface area (Å²) in [5.74, 6) is 1.48. The smallest absolute Gasteiger partial charge is 0.320 e. The first-order valence-corrected chi connectivity index (χ1v) is 12.9. The van der Waals surface area contributed by atoms with Crippen molar-refractivity contribution >= 4 is 28.6 Å². The minimum Gasteiger partial charge on any atom is -0.459 e. The van der Waals surface area contributed by atoms with E-state index in [9.17, 15) is 4.79 Å². The second-order valence-electron chi connectivity index (χ2n) is 10.8. The molecule has 0 unspecified atom stereocenters. The van der Waals surface area contributed by atoms with Crippen molar-refractivity contribution in [1.82, 2.24) is 34.8 Å². The summed E-state index contributed by atoms with van der Waals surface area (Å²) in [6.07, 6.45) is 8.31. The van der Waals surface area contributed by atoms with Gasteiger partial charge in [-0.05, 0) is 70.0 Å². The van der Waals surface area contributed by atoms with Gasteiger partial charge in [0.15, 0.2) is 5.82 Å². The average Bonchev–Trinajstić information content (AvgIpc) is 3.31. The van der Waals surface area contributed by atoms with Gasteiger partial charge in [-0.2, -0.15) is 10.2 Å². The van der Waals surface area contributed by atoms with Crippen LogP contribution in [0.1, 0.15) is 52.5 Å². The summed E-state index contributed by atoms with van der Waals surface area (Å²) in [5.41, 5.74) is 4.13. The van der Waals surface area contributed by atoms with E-state index in [1.54, 1.807) is 6.20 Å². The van der Waals surface area contributed by atoms with Crippen LogP contribution < -0.4 is 5.32 Å². The third-order valence-corrected chi connectivity index (χ3v) is 5.85. The van der Waals surface area contributed by atoms with E-state index >= 15 is 0 Å². The zero-order valence-corrected chi connectivity index (χ0v) is 23.0. The summed E-state index contributed by atoms with van der Waals surface area (Å²) >= 11 is 0. The third kappa shape index (κ3) is 7.55. The molecule has 4 rings (SSSR count). The number of aromatic nitrogens is 6. The molecule has 0 saturated carbocycles. The molecule has 0 amide bonds. The molecule has 4 heterocycles. The van der Waals surface area contributed by atoms with Crippen molar-refractivity contribution in [3.63, 3.8) is 0 Å². The SMILES string of the molecule is CC(C)c1cnnc(Nc2ccc3ncc(-c4cnn(CCCN(C)CC(=O)OC(C)(C)C)c4)cc3n2)c1. The number of nitrogens with zero attached hydrogens (tertiary/aromatic N) is 7. The number of hydrogen-bond donors (Lipinski definition) is 1.